The first-order valence-corrected chi connectivity index (χ1v) is 7.91. The van der Waals surface area contributed by atoms with Crippen LogP contribution in [0.15, 0.2) is 22.1 Å². The molecule has 0 spiro atoms. The van der Waals surface area contributed by atoms with Gasteiger partial charge < -0.3 is 5.32 Å². The maximum absolute atomic E-state index is 12.6. The van der Waals surface area contributed by atoms with Gasteiger partial charge in [-0.1, -0.05) is 6.92 Å². The number of thiazole rings is 1. The predicted octanol–water partition coefficient (Wildman–Crippen LogP) is 4.68. The third-order valence-electron chi connectivity index (χ3n) is 2.33. The highest BCUT2D eigenvalue weighted by Gasteiger charge is 2.35. The van der Waals surface area contributed by atoms with Crippen LogP contribution in [0.5, 0.6) is 0 Å². The Morgan fingerprint density at radius 3 is 2.63 bits per heavy atom. The number of hydrogen-bond acceptors (Lipinski definition) is 4. The van der Waals surface area contributed by atoms with Crippen LogP contribution in [0.3, 0.4) is 0 Å². The molecule has 0 bridgehead atoms. The minimum atomic E-state index is -4.38. The van der Waals surface area contributed by atoms with Crippen molar-refractivity contribution in [2.24, 2.45) is 0 Å². The Balaban J connectivity index is 2.32. The van der Waals surface area contributed by atoms with Gasteiger partial charge in [0.05, 0.1) is 6.04 Å². The fraction of sp³-hybridized carbons (Fsp3) is 0.364. The minimum Gasteiger partial charge on any atom is -0.305 e. The fourth-order valence-electron chi connectivity index (χ4n) is 1.58. The summed E-state index contributed by atoms with van der Waals surface area (Å²) >= 11 is 5.53. The van der Waals surface area contributed by atoms with E-state index in [1.165, 1.54) is 17.5 Å². The number of nitrogens with zero attached hydrogens (tertiary/aromatic N) is 1. The van der Waals surface area contributed by atoms with Crippen molar-refractivity contribution in [3.63, 3.8) is 0 Å². The van der Waals surface area contributed by atoms with Crippen molar-refractivity contribution in [3.05, 3.63) is 36.9 Å². The zero-order valence-electron chi connectivity index (χ0n) is 9.79. The van der Waals surface area contributed by atoms with Crippen LogP contribution in [-0.4, -0.2) is 11.5 Å². The first-order chi connectivity index (χ1) is 8.91. The molecule has 1 unspecified atom stereocenters. The smallest absolute Gasteiger partial charge is 0.305 e. The van der Waals surface area contributed by atoms with E-state index in [2.05, 4.69) is 26.2 Å². The number of nitrogens with one attached hydrogen (secondary N) is 1. The van der Waals surface area contributed by atoms with E-state index >= 15 is 0 Å². The average molecular weight is 371 g/mol. The lowest BCUT2D eigenvalue weighted by Gasteiger charge is -2.13. The second-order valence-electron chi connectivity index (χ2n) is 3.72. The van der Waals surface area contributed by atoms with Crippen LogP contribution >= 0.6 is 38.6 Å². The number of rotatable bonds is 4. The van der Waals surface area contributed by atoms with Gasteiger partial charge in [0, 0.05) is 25.8 Å². The summed E-state index contributed by atoms with van der Waals surface area (Å²) in [6.45, 7) is 2.58. The van der Waals surface area contributed by atoms with Crippen molar-refractivity contribution in [2.75, 3.05) is 6.54 Å². The Morgan fingerprint density at radius 1 is 1.42 bits per heavy atom. The Labute approximate surface area is 124 Å². The van der Waals surface area contributed by atoms with Crippen molar-refractivity contribution < 1.29 is 13.2 Å². The third-order valence-corrected chi connectivity index (χ3v) is 5.20. The van der Waals surface area contributed by atoms with E-state index < -0.39 is 11.2 Å². The maximum atomic E-state index is 12.6. The lowest BCUT2D eigenvalue weighted by Crippen LogP contribution is -2.20. The zero-order chi connectivity index (χ0) is 14.0. The van der Waals surface area contributed by atoms with Gasteiger partial charge >= 0.3 is 6.18 Å². The topological polar surface area (TPSA) is 24.9 Å². The highest BCUT2D eigenvalue weighted by molar-refractivity contribution is 9.10. The van der Waals surface area contributed by atoms with Gasteiger partial charge in [-0.3, -0.25) is 0 Å². The van der Waals surface area contributed by atoms with Crippen LogP contribution in [0, 0.1) is 0 Å². The standard InChI is InChI=1S/C11H10BrF3N2S2/c1-2-16-9(7-3-6(12)5-18-7)8-4-17-10(19-8)11(13,14)15/h3-5,9,16H,2H2,1H3. The second-order valence-corrected chi connectivity index (χ2v) is 6.64. The Morgan fingerprint density at radius 2 is 2.16 bits per heavy atom. The van der Waals surface area contributed by atoms with Gasteiger partial charge in [-0.15, -0.1) is 22.7 Å². The van der Waals surface area contributed by atoms with E-state index in [4.69, 9.17) is 0 Å². The summed E-state index contributed by atoms with van der Waals surface area (Å²) in [5, 5.41) is 4.29. The molecule has 0 radical (unpaired) electrons. The molecule has 1 atom stereocenters. The summed E-state index contributed by atoms with van der Waals surface area (Å²) in [5.74, 6) is 0. The van der Waals surface area contributed by atoms with E-state index in [0.717, 1.165) is 9.35 Å². The molecule has 2 rings (SSSR count). The zero-order valence-corrected chi connectivity index (χ0v) is 13.0. The number of hydrogen-bond donors (Lipinski definition) is 1. The quantitative estimate of drug-likeness (QED) is 0.844. The van der Waals surface area contributed by atoms with Gasteiger partial charge in [-0.05, 0) is 28.5 Å². The lowest BCUT2D eigenvalue weighted by molar-refractivity contribution is -0.137. The number of aromatic nitrogens is 1. The van der Waals surface area contributed by atoms with Gasteiger partial charge in [0.1, 0.15) is 0 Å². The predicted molar refractivity (Wildman–Crippen MR) is 74.7 cm³/mol. The van der Waals surface area contributed by atoms with E-state index in [-0.39, 0.29) is 6.04 Å². The van der Waals surface area contributed by atoms with Gasteiger partial charge in [0.25, 0.3) is 0 Å². The molecule has 0 aliphatic carbocycles. The van der Waals surface area contributed by atoms with Gasteiger partial charge in [-0.25, -0.2) is 4.98 Å². The summed E-state index contributed by atoms with van der Waals surface area (Å²) < 4.78 is 38.7. The summed E-state index contributed by atoms with van der Waals surface area (Å²) in [6, 6.07) is 1.67. The van der Waals surface area contributed by atoms with Crippen LogP contribution in [0.25, 0.3) is 0 Å². The van der Waals surface area contributed by atoms with Crippen molar-refractivity contribution in [2.45, 2.75) is 19.1 Å². The number of thiophene rings is 1. The Kier molecular flexibility index (Phi) is 4.65. The van der Waals surface area contributed by atoms with E-state index in [0.29, 0.717) is 22.8 Å². The maximum Gasteiger partial charge on any atom is 0.443 e. The molecule has 8 heteroatoms. The summed E-state index contributed by atoms with van der Waals surface area (Å²) in [4.78, 5) is 5.01. The molecule has 2 aromatic heterocycles. The summed E-state index contributed by atoms with van der Waals surface area (Å²) in [5.41, 5.74) is 0. The van der Waals surface area contributed by atoms with Crippen LogP contribution in [0.4, 0.5) is 13.2 Å². The molecule has 0 aliphatic rings. The SMILES string of the molecule is CCNC(c1cc(Br)cs1)c1cnc(C(F)(F)F)s1. The van der Waals surface area contributed by atoms with Crippen LogP contribution in [-0.2, 0) is 6.18 Å². The Bertz CT molecular complexity index is 550. The van der Waals surface area contributed by atoms with Gasteiger partial charge in [0.2, 0.25) is 0 Å². The first kappa shape index (κ1) is 15.0. The lowest BCUT2D eigenvalue weighted by atomic mass is 10.2. The summed E-state index contributed by atoms with van der Waals surface area (Å²) in [6.07, 6.45) is -3.08. The van der Waals surface area contributed by atoms with Crippen LogP contribution in [0.1, 0.15) is 27.7 Å². The molecular formula is C11H10BrF3N2S2. The molecule has 104 valence electrons. The molecule has 2 nitrogen and oxygen atoms in total. The highest BCUT2D eigenvalue weighted by atomic mass is 79.9. The van der Waals surface area contributed by atoms with Crippen molar-refractivity contribution in [1.82, 2.24) is 10.3 Å². The van der Waals surface area contributed by atoms with Crippen LogP contribution in [0.2, 0.25) is 0 Å². The molecule has 2 heterocycles. The molecule has 0 aliphatic heterocycles. The first-order valence-electron chi connectivity index (χ1n) is 5.42. The fourth-order valence-corrected chi connectivity index (χ4v) is 4.07. The van der Waals surface area contributed by atoms with Gasteiger partial charge in [-0.2, -0.15) is 13.2 Å². The molecule has 0 amide bonds. The van der Waals surface area contributed by atoms with Gasteiger partial charge in [0.15, 0.2) is 5.01 Å². The molecular weight excluding hydrogens is 361 g/mol. The highest BCUT2D eigenvalue weighted by Crippen LogP contribution is 2.37. The van der Waals surface area contributed by atoms with E-state index in [9.17, 15) is 13.2 Å². The largest absolute Gasteiger partial charge is 0.443 e. The second kappa shape index (κ2) is 5.90. The van der Waals surface area contributed by atoms with Crippen molar-refractivity contribution >= 4 is 38.6 Å². The van der Waals surface area contributed by atoms with E-state index in [1.54, 1.807) is 0 Å². The number of halogens is 4. The molecule has 0 aromatic carbocycles. The van der Waals surface area contributed by atoms with E-state index in [1.807, 2.05) is 18.4 Å². The minimum absolute atomic E-state index is 0.241. The molecule has 0 saturated carbocycles. The summed E-state index contributed by atoms with van der Waals surface area (Å²) in [7, 11) is 0. The van der Waals surface area contributed by atoms with Crippen molar-refractivity contribution in [1.29, 1.82) is 0 Å². The molecule has 19 heavy (non-hydrogen) atoms. The molecule has 0 saturated heterocycles. The molecule has 1 N–H and O–H groups in total. The monoisotopic (exact) mass is 370 g/mol. The molecule has 0 fully saturated rings. The number of alkyl halides is 3. The Hall–Kier alpha value is -0.440. The van der Waals surface area contributed by atoms with Crippen LogP contribution < -0.4 is 5.32 Å². The average Bonchev–Trinajstić information content (AvgIpc) is 2.93. The normalized spacial score (nSPS) is 13.7. The molecule has 2 aromatic rings. The third kappa shape index (κ3) is 3.56. The van der Waals surface area contributed by atoms with Crippen molar-refractivity contribution in [3.8, 4) is 0 Å².